The maximum Gasteiger partial charge on any atom is 0.210 e. The molecular formula is C17H17ClN4S. The van der Waals surface area contributed by atoms with Crippen LogP contribution in [-0.4, -0.2) is 14.9 Å². The van der Waals surface area contributed by atoms with E-state index in [-0.39, 0.29) is 0 Å². The van der Waals surface area contributed by atoms with Gasteiger partial charge in [0.05, 0.1) is 0 Å². The van der Waals surface area contributed by atoms with Crippen molar-refractivity contribution in [2.45, 2.75) is 24.3 Å². The zero-order valence-electron chi connectivity index (χ0n) is 12.7. The number of nitrogen functional groups attached to an aromatic ring is 1. The van der Waals surface area contributed by atoms with Crippen LogP contribution in [0, 0.1) is 6.92 Å². The molecule has 0 aliphatic heterocycles. The average Bonchev–Trinajstić information content (AvgIpc) is 2.90. The normalized spacial score (nSPS) is 10.9. The molecule has 6 heteroatoms. The van der Waals surface area contributed by atoms with Crippen LogP contribution >= 0.6 is 23.4 Å². The highest BCUT2D eigenvalue weighted by Crippen LogP contribution is 2.21. The summed E-state index contributed by atoms with van der Waals surface area (Å²) in [6, 6.07) is 16.1. The van der Waals surface area contributed by atoms with E-state index in [1.165, 1.54) is 11.1 Å². The van der Waals surface area contributed by atoms with Gasteiger partial charge in [-0.3, -0.25) is 0 Å². The van der Waals surface area contributed by atoms with Crippen molar-refractivity contribution in [3.05, 3.63) is 76.1 Å². The molecule has 0 saturated heterocycles. The van der Waals surface area contributed by atoms with Crippen molar-refractivity contribution in [1.82, 2.24) is 14.9 Å². The fraction of sp³-hybridized carbons (Fsp3) is 0.176. The molecule has 0 bridgehead atoms. The molecule has 0 fully saturated rings. The summed E-state index contributed by atoms with van der Waals surface area (Å²) >= 11 is 7.48. The second-order valence-corrected chi connectivity index (χ2v) is 6.73. The Morgan fingerprint density at radius 1 is 1.00 bits per heavy atom. The Hall–Kier alpha value is -1.98. The van der Waals surface area contributed by atoms with Crippen LogP contribution in [0.15, 0.2) is 53.7 Å². The third-order valence-electron chi connectivity index (χ3n) is 3.50. The molecule has 3 aromatic rings. The fourth-order valence-electron chi connectivity index (χ4n) is 2.14. The van der Waals surface area contributed by atoms with Crippen molar-refractivity contribution in [1.29, 1.82) is 0 Å². The maximum atomic E-state index is 6.11. The van der Waals surface area contributed by atoms with Crippen LogP contribution in [0.3, 0.4) is 0 Å². The SMILES string of the molecule is Cc1ccc(CSc2nnc(Cc3ccc(Cl)cc3)n2N)cc1. The van der Waals surface area contributed by atoms with E-state index in [1.54, 1.807) is 16.4 Å². The topological polar surface area (TPSA) is 56.7 Å². The lowest BCUT2D eigenvalue weighted by Crippen LogP contribution is -2.14. The minimum absolute atomic E-state index is 0.631. The number of halogens is 1. The predicted octanol–water partition coefficient (Wildman–Crippen LogP) is 3.84. The number of hydrogen-bond acceptors (Lipinski definition) is 4. The fourth-order valence-corrected chi connectivity index (χ4v) is 3.10. The lowest BCUT2D eigenvalue weighted by molar-refractivity contribution is 0.805. The van der Waals surface area contributed by atoms with Crippen LogP contribution in [0.5, 0.6) is 0 Å². The smallest absolute Gasteiger partial charge is 0.210 e. The molecular weight excluding hydrogens is 328 g/mol. The molecule has 23 heavy (non-hydrogen) atoms. The second kappa shape index (κ2) is 7.06. The molecule has 1 heterocycles. The van der Waals surface area contributed by atoms with Gasteiger partial charge in [-0.15, -0.1) is 10.2 Å². The highest BCUT2D eigenvalue weighted by Gasteiger charge is 2.11. The number of thioether (sulfide) groups is 1. The van der Waals surface area contributed by atoms with E-state index >= 15 is 0 Å². The summed E-state index contributed by atoms with van der Waals surface area (Å²) in [6.45, 7) is 2.08. The van der Waals surface area contributed by atoms with Gasteiger partial charge in [-0.25, -0.2) is 4.68 Å². The Labute approximate surface area is 144 Å². The second-order valence-electron chi connectivity index (χ2n) is 5.35. The van der Waals surface area contributed by atoms with Gasteiger partial charge in [-0.2, -0.15) is 0 Å². The van der Waals surface area contributed by atoms with Gasteiger partial charge in [0, 0.05) is 17.2 Å². The standard InChI is InChI=1S/C17H17ClN4S/c1-12-2-4-14(5-3-12)11-23-17-21-20-16(22(17)19)10-13-6-8-15(18)9-7-13/h2-9H,10-11,19H2,1H3. The summed E-state index contributed by atoms with van der Waals surface area (Å²) in [6.07, 6.45) is 0.631. The third-order valence-corrected chi connectivity index (χ3v) is 4.77. The number of hydrogen-bond donors (Lipinski definition) is 1. The van der Waals surface area contributed by atoms with Crippen molar-refractivity contribution in [2.24, 2.45) is 0 Å². The summed E-state index contributed by atoms with van der Waals surface area (Å²) < 4.78 is 1.56. The molecule has 1 aromatic heterocycles. The molecule has 118 valence electrons. The quantitative estimate of drug-likeness (QED) is 0.564. The van der Waals surface area contributed by atoms with Gasteiger partial charge >= 0.3 is 0 Å². The van der Waals surface area contributed by atoms with Crippen molar-refractivity contribution < 1.29 is 0 Å². The van der Waals surface area contributed by atoms with Gasteiger partial charge in [0.1, 0.15) is 0 Å². The molecule has 0 saturated carbocycles. The molecule has 0 radical (unpaired) electrons. The number of aromatic nitrogens is 3. The van der Waals surface area contributed by atoms with Crippen molar-refractivity contribution >= 4 is 23.4 Å². The summed E-state index contributed by atoms with van der Waals surface area (Å²) in [7, 11) is 0. The maximum absolute atomic E-state index is 6.11. The summed E-state index contributed by atoms with van der Waals surface area (Å²) in [5.74, 6) is 7.67. The number of benzene rings is 2. The van der Waals surface area contributed by atoms with Crippen LogP contribution in [0.2, 0.25) is 5.02 Å². The van der Waals surface area contributed by atoms with E-state index in [1.807, 2.05) is 24.3 Å². The minimum atomic E-state index is 0.631. The van der Waals surface area contributed by atoms with Crippen molar-refractivity contribution in [3.63, 3.8) is 0 Å². The monoisotopic (exact) mass is 344 g/mol. The van der Waals surface area contributed by atoms with Gasteiger partial charge in [0.25, 0.3) is 0 Å². The molecule has 0 amide bonds. The van der Waals surface area contributed by atoms with E-state index in [0.717, 1.165) is 27.3 Å². The molecule has 2 aromatic carbocycles. The lowest BCUT2D eigenvalue weighted by Gasteiger charge is -2.04. The Morgan fingerprint density at radius 3 is 2.35 bits per heavy atom. The largest absolute Gasteiger partial charge is 0.336 e. The first-order valence-corrected chi connectivity index (χ1v) is 8.60. The van der Waals surface area contributed by atoms with E-state index in [2.05, 4.69) is 41.4 Å². The van der Waals surface area contributed by atoms with E-state index < -0.39 is 0 Å². The van der Waals surface area contributed by atoms with Crippen LogP contribution in [0.25, 0.3) is 0 Å². The average molecular weight is 345 g/mol. The molecule has 0 spiro atoms. The molecule has 2 N–H and O–H groups in total. The van der Waals surface area contributed by atoms with Gasteiger partial charge in [0.15, 0.2) is 5.82 Å². The molecule has 3 rings (SSSR count). The predicted molar refractivity (Wildman–Crippen MR) is 95.2 cm³/mol. The first-order chi connectivity index (χ1) is 11.1. The molecule has 0 atom stereocenters. The molecule has 4 nitrogen and oxygen atoms in total. The summed E-state index contributed by atoms with van der Waals surface area (Å²) in [5, 5.41) is 9.82. The first kappa shape index (κ1) is 15.9. The van der Waals surface area contributed by atoms with Gasteiger partial charge in [-0.1, -0.05) is 65.3 Å². The highest BCUT2D eigenvalue weighted by molar-refractivity contribution is 7.98. The summed E-state index contributed by atoms with van der Waals surface area (Å²) in [5.41, 5.74) is 3.59. The number of rotatable bonds is 5. The molecule has 0 unspecified atom stereocenters. The zero-order valence-corrected chi connectivity index (χ0v) is 14.3. The van der Waals surface area contributed by atoms with Crippen molar-refractivity contribution in [2.75, 3.05) is 5.84 Å². The first-order valence-electron chi connectivity index (χ1n) is 7.24. The van der Waals surface area contributed by atoms with Gasteiger partial charge in [0.2, 0.25) is 5.16 Å². The summed E-state index contributed by atoms with van der Waals surface area (Å²) in [4.78, 5) is 0. The van der Waals surface area contributed by atoms with E-state index in [4.69, 9.17) is 17.4 Å². The third kappa shape index (κ3) is 4.06. The minimum Gasteiger partial charge on any atom is -0.336 e. The van der Waals surface area contributed by atoms with Crippen LogP contribution in [0.4, 0.5) is 0 Å². The molecule has 0 aliphatic rings. The number of nitrogens with two attached hydrogens (primary N) is 1. The van der Waals surface area contributed by atoms with Crippen molar-refractivity contribution in [3.8, 4) is 0 Å². The van der Waals surface area contributed by atoms with Crippen LogP contribution in [-0.2, 0) is 12.2 Å². The Bertz CT molecular complexity index is 781. The zero-order chi connectivity index (χ0) is 16.2. The van der Waals surface area contributed by atoms with E-state index in [0.29, 0.717) is 6.42 Å². The van der Waals surface area contributed by atoms with Gasteiger partial charge in [-0.05, 0) is 30.2 Å². The van der Waals surface area contributed by atoms with E-state index in [9.17, 15) is 0 Å². The van der Waals surface area contributed by atoms with Crippen LogP contribution < -0.4 is 5.84 Å². The Kier molecular flexibility index (Phi) is 4.88. The number of nitrogens with zero attached hydrogens (tertiary/aromatic N) is 3. The Morgan fingerprint density at radius 2 is 1.65 bits per heavy atom. The number of aryl methyl sites for hydroxylation is 1. The highest BCUT2D eigenvalue weighted by atomic mass is 35.5. The lowest BCUT2D eigenvalue weighted by atomic mass is 10.1. The van der Waals surface area contributed by atoms with Crippen LogP contribution in [0.1, 0.15) is 22.5 Å². The Balaban J connectivity index is 1.66. The van der Waals surface area contributed by atoms with Gasteiger partial charge < -0.3 is 5.84 Å². The molecule has 0 aliphatic carbocycles.